The molecule has 2 aromatic carbocycles. The van der Waals surface area contributed by atoms with Gasteiger partial charge in [0.05, 0.1) is 18.6 Å². The van der Waals surface area contributed by atoms with E-state index in [1.54, 1.807) is 36.8 Å². The van der Waals surface area contributed by atoms with Gasteiger partial charge in [-0.25, -0.2) is 13.8 Å². The minimum Gasteiger partial charge on any atom is -0.497 e. The minimum absolute atomic E-state index is 0.163. The van der Waals surface area contributed by atoms with Gasteiger partial charge in [0.1, 0.15) is 22.9 Å². The number of nitrogens with zero attached hydrogens (tertiary/aromatic N) is 1. The Bertz CT molecular complexity index is 1020. The molecule has 2 amide bonds. The van der Waals surface area contributed by atoms with E-state index in [9.17, 15) is 18.4 Å². The van der Waals surface area contributed by atoms with E-state index in [0.29, 0.717) is 22.9 Å². The number of rotatable bonds is 8. The van der Waals surface area contributed by atoms with E-state index in [1.165, 1.54) is 17.8 Å². The van der Waals surface area contributed by atoms with Gasteiger partial charge >= 0.3 is 0 Å². The van der Waals surface area contributed by atoms with Crippen molar-refractivity contribution in [1.82, 2.24) is 4.98 Å². The predicted octanol–water partition coefficient (Wildman–Crippen LogP) is 4.55. The maximum absolute atomic E-state index is 13.7. The summed E-state index contributed by atoms with van der Waals surface area (Å²) in [6.45, 7) is 0. The molecule has 1 aromatic heterocycles. The van der Waals surface area contributed by atoms with E-state index < -0.39 is 23.1 Å². The molecule has 0 radical (unpaired) electrons. The molecule has 10 heteroatoms. The first kappa shape index (κ1) is 21.7. The van der Waals surface area contributed by atoms with Gasteiger partial charge in [-0.05, 0) is 36.4 Å². The minimum atomic E-state index is -0.942. The lowest BCUT2D eigenvalue weighted by molar-refractivity contribution is -0.113. The van der Waals surface area contributed by atoms with Crippen LogP contribution in [0.2, 0.25) is 0 Å². The van der Waals surface area contributed by atoms with Crippen LogP contribution in [0.25, 0.3) is 0 Å². The zero-order chi connectivity index (χ0) is 21.5. The molecule has 0 atom stereocenters. The van der Waals surface area contributed by atoms with Crippen LogP contribution in [0.15, 0.2) is 47.8 Å². The normalized spacial score (nSPS) is 10.5. The maximum atomic E-state index is 13.7. The number of amides is 2. The van der Waals surface area contributed by atoms with Gasteiger partial charge in [-0.15, -0.1) is 23.1 Å². The van der Waals surface area contributed by atoms with E-state index >= 15 is 0 Å². The summed E-state index contributed by atoms with van der Waals surface area (Å²) < 4.78 is 32.4. The van der Waals surface area contributed by atoms with Gasteiger partial charge in [-0.3, -0.25) is 14.9 Å². The fourth-order valence-electron chi connectivity index (χ4n) is 2.42. The first-order valence-electron chi connectivity index (χ1n) is 8.67. The molecule has 6 nitrogen and oxygen atoms in total. The number of nitrogens with one attached hydrogen (secondary N) is 2. The quantitative estimate of drug-likeness (QED) is 0.527. The Labute approximate surface area is 179 Å². The summed E-state index contributed by atoms with van der Waals surface area (Å²) in [7, 11) is 1.57. The van der Waals surface area contributed by atoms with Crippen LogP contribution in [0.4, 0.5) is 19.6 Å². The highest BCUT2D eigenvalue weighted by Crippen LogP contribution is 2.22. The Balaban J connectivity index is 1.47. The van der Waals surface area contributed by atoms with Gasteiger partial charge in [-0.2, -0.15) is 0 Å². The van der Waals surface area contributed by atoms with Gasteiger partial charge in [-0.1, -0.05) is 6.07 Å². The molecule has 30 heavy (non-hydrogen) atoms. The second-order valence-corrected chi connectivity index (χ2v) is 7.81. The van der Waals surface area contributed by atoms with Crippen molar-refractivity contribution in [3.63, 3.8) is 0 Å². The fraction of sp³-hybridized carbons (Fsp3) is 0.150. The second kappa shape index (κ2) is 10.2. The molecule has 0 fully saturated rings. The van der Waals surface area contributed by atoms with Crippen molar-refractivity contribution in [3.8, 4) is 5.75 Å². The van der Waals surface area contributed by atoms with Crippen molar-refractivity contribution in [2.75, 3.05) is 23.5 Å². The smallest absolute Gasteiger partial charge is 0.263 e. The van der Waals surface area contributed by atoms with Crippen LogP contribution < -0.4 is 15.4 Å². The van der Waals surface area contributed by atoms with E-state index in [-0.39, 0.29) is 16.8 Å². The van der Waals surface area contributed by atoms with Gasteiger partial charge in [0.25, 0.3) is 5.91 Å². The molecule has 0 saturated heterocycles. The van der Waals surface area contributed by atoms with E-state index in [4.69, 9.17) is 4.74 Å². The Morgan fingerprint density at radius 1 is 1.10 bits per heavy atom. The topological polar surface area (TPSA) is 80.3 Å². The number of hydrogen-bond acceptors (Lipinski definition) is 6. The lowest BCUT2D eigenvalue weighted by Gasteiger charge is -2.06. The van der Waals surface area contributed by atoms with Crippen molar-refractivity contribution in [3.05, 3.63) is 70.7 Å². The number of halogens is 2. The molecule has 0 aliphatic rings. The van der Waals surface area contributed by atoms with Crippen LogP contribution in [0.3, 0.4) is 0 Å². The Morgan fingerprint density at radius 2 is 1.80 bits per heavy atom. The second-order valence-electron chi connectivity index (χ2n) is 5.96. The zero-order valence-corrected chi connectivity index (χ0v) is 17.4. The van der Waals surface area contributed by atoms with Crippen molar-refractivity contribution >= 4 is 45.7 Å². The molecule has 0 bridgehead atoms. The van der Waals surface area contributed by atoms with Crippen LogP contribution in [0, 0.1) is 11.6 Å². The number of aromatic nitrogens is 1. The SMILES string of the molecule is COc1ccc(NC(=O)CSCc2csc(NC(=O)c3c(F)cccc3F)n2)cc1. The highest BCUT2D eigenvalue weighted by Gasteiger charge is 2.18. The van der Waals surface area contributed by atoms with Crippen molar-refractivity contribution in [2.45, 2.75) is 5.75 Å². The lowest BCUT2D eigenvalue weighted by atomic mass is 10.2. The summed E-state index contributed by atoms with van der Waals surface area (Å²) in [5, 5.41) is 7.10. The van der Waals surface area contributed by atoms with Crippen LogP contribution >= 0.6 is 23.1 Å². The summed E-state index contributed by atoms with van der Waals surface area (Å²) in [6, 6.07) is 10.2. The average Bonchev–Trinajstić information content (AvgIpc) is 3.15. The molecule has 0 spiro atoms. The first-order chi connectivity index (χ1) is 14.5. The average molecular weight is 450 g/mol. The lowest BCUT2D eigenvalue weighted by Crippen LogP contribution is -2.15. The summed E-state index contributed by atoms with van der Waals surface area (Å²) in [5.41, 5.74) is 0.658. The Kier molecular flexibility index (Phi) is 7.36. The van der Waals surface area contributed by atoms with Crippen molar-refractivity contribution in [2.24, 2.45) is 0 Å². The van der Waals surface area contributed by atoms with Crippen LogP contribution in [-0.2, 0) is 10.5 Å². The molecule has 0 saturated carbocycles. The van der Waals surface area contributed by atoms with Crippen molar-refractivity contribution < 1.29 is 23.1 Å². The monoisotopic (exact) mass is 449 g/mol. The molecule has 3 rings (SSSR count). The van der Waals surface area contributed by atoms with Crippen LogP contribution in [0.1, 0.15) is 16.1 Å². The highest BCUT2D eigenvalue weighted by atomic mass is 32.2. The summed E-state index contributed by atoms with van der Waals surface area (Å²) in [4.78, 5) is 28.3. The number of thioether (sulfide) groups is 1. The third kappa shape index (κ3) is 5.77. The molecule has 0 aliphatic heterocycles. The molecule has 156 valence electrons. The number of carbonyl (C=O) groups is 2. The van der Waals surface area contributed by atoms with Crippen LogP contribution in [0.5, 0.6) is 5.75 Å². The zero-order valence-electron chi connectivity index (χ0n) is 15.8. The van der Waals surface area contributed by atoms with Crippen LogP contribution in [-0.4, -0.2) is 29.7 Å². The summed E-state index contributed by atoms with van der Waals surface area (Å²) >= 11 is 2.49. The third-order valence-corrected chi connectivity index (χ3v) is 5.59. The van der Waals surface area contributed by atoms with Gasteiger partial charge in [0.2, 0.25) is 5.91 Å². The van der Waals surface area contributed by atoms with Gasteiger partial charge in [0, 0.05) is 16.8 Å². The number of thiazole rings is 1. The number of carbonyl (C=O) groups excluding carboxylic acids is 2. The Hall–Kier alpha value is -2.98. The highest BCUT2D eigenvalue weighted by molar-refractivity contribution is 7.99. The fourth-order valence-corrected chi connectivity index (χ4v) is 3.95. The number of hydrogen-bond donors (Lipinski definition) is 2. The number of anilines is 2. The number of benzene rings is 2. The molecule has 0 unspecified atom stereocenters. The predicted molar refractivity (Wildman–Crippen MR) is 114 cm³/mol. The van der Waals surface area contributed by atoms with Crippen molar-refractivity contribution in [1.29, 1.82) is 0 Å². The summed E-state index contributed by atoms with van der Waals surface area (Å²) in [6.07, 6.45) is 0. The summed E-state index contributed by atoms with van der Waals surface area (Å²) in [5.74, 6) is -1.60. The number of methoxy groups -OCH3 is 1. The molecule has 3 aromatic rings. The molecule has 1 heterocycles. The standard InChI is InChI=1S/C20H17F2N3O3S2/c1-28-14-7-5-12(6-8-14)23-17(26)11-29-9-13-10-30-20(24-13)25-19(27)18-15(21)3-2-4-16(18)22/h2-8,10H,9,11H2,1H3,(H,23,26)(H,24,25,27). The molecular formula is C20H17F2N3O3S2. The van der Waals surface area contributed by atoms with E-state index in [0.717, 1.165) is 23.5 Å². The maximum Gasteiger partial charge on any atom is 0.263 e. The third-order valence-electron chi connectivity index (χ3n) is 3.82. The molecule has 0 aliphatic carbocycles. The number of ether oxygens (including phenoxy) is 1. The van der Waals surface area contributed by atoms with Gasteiger partial charge < -0.3 is 10.1 Å². The van der Waals surface area contributed by atoms with E-state index in [2.05, 4.69) is 15.6 Å². The molecule has 2 N–H and O–H groups in total. The van der Waals surface area contributed by atoms with E-state index in [1.807, 2.05) is 0 Å². The Morgan fingerprint density at radius 3 is 2.47 bits per heavy atom. The molecular weight excluding hydrogens is 432 g/mol. The largest absolute Gasteiger partial charge is 0.497 e. The first-order valence-corrected chi connectivity index (χ1v) is 10.7. The van der Waals surface area contributed by atoms with Gasteiger partial charge in [0.15, 0.2) is 5.13 Å².